The van der Waals surface area contributed by atoms with E-state index in [1.807, 2.05) is 24.3 Å². The van der Waals surface area contributed by atoms with Crippen molar-refractivity contribution in [3.8, 4) is 5.75 Å². The maximum Gasteiger partial charge on any atom is 0.262 e. The summed E-state index contributed by atoms with van der Waals surface area (Å²) in [6.07, 6.45) is 0. The Labute approximate surface area is 141 Å². The second-order valence-corrected chi connectivity index (χ2v) is 6.80. The van der Waals surface area contributed by atoms with Crippen molar-refractivity contribution in [1.82, 2.24) is 0 Å². The van der Waals surface area contributed by atoms with E-state index in [9.17, 15) is 9.59 Å². The molecule has 0 spiro atoms. The van der Waals surface area contributed by atoms with E-state index < -0.39 is 0 Å². The summed E-state index contributed by atoms with van der Waals surface area (Å²) in [5.41, 5.74) is 2.74. The van der Waals surface area contributed by atoms with E-state index in [2.05, 4.69) is 31.4 Å². The van der Waals surface area contributed by atoms with Crippen LogP contribution in [-0.2, 0) is 10.2 Å². The Balaban J connectivity index is 1.87. The summed E-state index contributed by atoms with van der Waals surface area (Å²) in [6, 6.07) is 12.8. The van der Waals surface area contributed by atoms with Crippen LogP contribution >= 0.6 is 0 Å². The molecule has 2 aromatic rings. The Morgan fingerprint density at radius 1 is 1.17 bits per heavy atom. The van der Waals surface area contributed by atoms with E-state index in [0.29, 0.717) is 17.0 Å². The Hall–Kier alpha value is -2.82. The first kappa shape index (κ1) is 16.1. The fraction of sp³-hybridized carbons (Fsp3) is 0.263. The molecular formula is C19H20N2O3. The van der Waals surface area contributed by atoms with Crippen LogP contribution in [0.1, 0.15) is 36.7 Å². The van der Waals surface area contributed by atoms with Crippen LogP contribution in [0, 0.1) is 0 Å². The number of para-hydroxylation sites is 1. The number of amides is 2. The molecule has 0 aromatic heterocycles. The number of benzene rings is 2. The highest BCUT2D eigenvalue weighted by Gasteiger charge is 2.21. The number of ether oxygens (including phenoxy) is 1. The van der Waals surface area contributed by atoms with Gasteiger partial charge >= 0.3 is 0 Å². The van der Waals surface area contributed by atoms with Gasteiger partial charge in [-0.15, -0.1) is 0 Å². The van der Waals surface area contributed by atoms with Gasteiger partial charge in [-0.1, -0.05) is 39.0 Å². The molecule has 2 N–H and O–H groups in total. The number of carbonyl (C=O) groups excluding carboxylic acids is 2. The highest BCUT2D eigenvalue weighted by molar-refractivity contribution is 6.06. The van der Waals surface area contributed by atoms with E-state index in [4.69, 9.17) is 4.74 Å². The number of anilines is 2. The summed E-state index contributed by atoms with van der Waals surface area (Å²) in [4.78, 5) is 24.0. The normalized spacial score (nSPS) is 13.5. The van der Waals surface area contributed by atoms with Crippen molar-refractivity contribution < 1.29 is 14.3 Å². The lowest BCUT2D eigenvalue weighted by atomic mass is 9.86. The Morgan fingerprint density at radius 3 is 2.67 bits per heavy atom. The number of carbonyl (C=O) groups is 2. The molecule has 1 aliphatic rings. The predicted molar refractivity (Wildman–Crippen MR) is 93.7 cm³/mol. The van der Waals surface area contributed by atoms with Crippen molar-refractivity contribution in [2.75, 3.05) is 17.2 Å². The van der Waals surface area contributed by atoms with E-state index >= 15 is 0 Å². The summed E-state index contributed by atoms with van der Waals surface area (Å²) in [5, 5.41) is 5.67. The minimum atomic E-state index is -0.227. The summed E-state index contributed by atoms with van der Waals surface area (Å²) in [5.74, 6) is 0.119. The van der Waals surface area contributed by atoms with E-state index in [1.54, 1.807) is 18.2 Å². The van der Waals surface area contributed by atoms with Crippen LogP contribution < -0.4 is 15.4 Å². The molecule has 3 rings (SSSR count). The van der Waals surface area contributed by atoms with Gasteiger partial charge in [-0.25, -0.2) is 0 Å². The van der Waals surface area contributed by atoms with Gasteiger partial charge in [0, 0.05) is 11.3 Å². The molecule has 2 aromatic carbocycles. The first-order valence-corrected chi connectivity index (χ1v) is 7.82. The number of nitrogens with one attached hydrogen (secondary N) is 2. The minimum absolute atomic E-state index is 0.00248. The average Bonchev–Trinajstić information content (AvgIpc) is 2.53. The second kappa shape index (κ2) is 6.00. The molecular weight excluding hydrogens is 304 g/mol. The molecule has 0 radical (unpaired) electrons. The number of hydrogen-bond donors (Lipinski definition) is 2. The zero-order valence-electron chi connectivity index (χ0n) is 14.0. The van der Waals surface area contributed by atoms with Gasteiger partial charge in [0.2, 0.25) is 0 Å². The molecule has 24 heavy (non-hydrogen) atoms. The van der Waals surface area contributed by atoms with Gasteiger partial charge in [-0.3, -0.25) is 9.59 Å². The molecule has 0 unspecified atom stereocenters. The molecule has 124 valence electrons. The minimum Gasteiger partial charge on any atom is -0.482 e. The van der Waals surface area contributed by atoms with Gasteiger partial charge in [0.05, 0.1) is 5.69 Å². The Morgan fingerprint density at radius 2 is 1.92 bits per heavy atom. The van der Waals surface area contributed by atoms with Gasteiger partial charge in [0.1, 0.15) is 5.75 Å². The SMILES string of the molecule is CC(C)(C)c1ccccc1NC(=O)c1ccc2c(c1)NC(=O)CO2. The molecule has 0 saturated heterocycles. The molecule has 1 aliphatic heterocycles. The fourth-order valence-corrected chi connectivity index (χ4v) is 2.66. The Kier molecular flexibility index (Phi) is 4.01. The third-order valence-corrected chi connectivity index (χ3v) is 3.86. The maximum absolute atomic E-state index is 12.6. The van der Waals surface area contributed by atoms with Crippen molar-refractivity contribution in [1.29, 1.82) is 0 Å². The van der Waals surface area contributed by atoms with Gasteiger partial charge in [0.15, 0.2) is 6.61 Å². The predicted octanol–water partition coefficient (Wildman–Crippen LogP) is 3.57. The van der Waals surface area contributed by atoms with Crippen LogP contribution in [0.4, 0.5) is 11.4 Å². The summed E-state index contributed by atoms with van der Waals surface area (Å²) in [7, 11) is 0. The highest BCUT2D eigenvalue weighted by atomic mass is 16.5. The first-order valence-electron chi connectivity index (χ1n) is 7.82. The third kappa shape index (κ3) is 3.25. The zero-order valence-corrected chi connectivity index (χ0v) is 14.0. The van der Waals surface area contributed by atoms with E-state index in [-0.39, 0.29) is 23.8 Å². The van der Waals surface area contributed by atoms with Crippen molar-refractivity contribution in [2.24, 2.45) is 0 Å². The summed E-state index contributed by atoms with van der Waals surface area (Å²) >= 11 is 0. The monoisotopic (exact) mass is 324 g/mol. The van der Waals surface area contributed by atoms with Crippen LogP contribution in [0.3, 0.4) is 0 Å². The summed E-state index contributed by atoms with van der Waals surface area (Å²) < 4.78 is 5.31. The number of hydrogen-bond acceptors (Lipinski definition) is 3. The average molecular weight is 324 g/mol. The zero-order chi connectivity index (χ0) is 17.3. The van der Waals surface area contributed by atoms with Crippen molar-refractivity contribution in [3.05, 3.63) is 53.6 Å². The van der Waals surface area contributed by atoms with Crippen LogP contribution in [0.5, 0.6) is 5.75 Å². The largest absolute Gasteiger partial charge is 0.482 e. The van der Waals surface area contributed by atoms with Crippen LogP contribution in [0.25, 0.3) is 0 Å². The van der Waals surface area contributed by atoms with Crippen LogP contribution in [-0.4, -0.2) is 18.4 Å². The maximum atomic E-state index is 12.6. The molecule has 1 heterocycles. The van der Waals surface area contributed by atoms with Crippen LogP contribution in [0.15, 0.2) is 42.5 Å². The number of fused-ring (bicyclic) bond motifs is 1. The quantitative estimate of drug-likeness (QED) is 0.887. The first-order chi connectivity index (χ1) is 11.3. The van der Waals surface area contributed by atoms with Gasteiger partial charge in [0.25, 0.3) is 11.8 Å². The van der Waals surface area contributed by atoms with Crippen molar-refractivity contribution in [3.63, 3.8) is 0 Å². The van der Waals surface area contributed by atoms with Crippen molar-refractivity contribution in [2.45, 2.75) is 26.2 Å². The van der Waals surface area contributed by atoms with E-state index in [0.717, 1.165) is 11.3 Å². The Bertz CT molecular complexity index is 806. The lowest BCUT2D eigenvalue weighted by Crippen LogP contribution is -2.26. The molecule has 0 saturated carbocycles. The highest BCUT2D eigenvalue weighted by Crippen LogP contribution is 2.31. The second-order valence-electron chi connectivity index (χ2n) is 6.80. The fourth-order valence-electron chi connectivity index (χ4n) is 2.66. The topological polar surface area (TPSA) is 67.4 Å². The molecule has 0 bridgehead atoms. The standard InChI is InChI=1S/C19H20N2O3/c1-19(2,3)13-6-4-5-7-14(13)21-18(23)12-8-9-16-15(10-12)20-17(22)11-24-16/h4-10H,11H2,1-3H3,(H,20,22)(H,21,23). The lowest BCUT2D eigenvalue weighted by Gasteiger charge is -2.23. The van der Waals surface area contributed by atoms with Crippen molar-refractivity contribution >= 4 is 23.2 Å². The lowest BCUT2D eigenvalue weighted by molar-refractivity contribution is -0.118. The number of rotatable bonds is 2. The molecule has 0 atom stereocenters. The van der Waals surface area contributed by atoms with E-state index in [1.165, 1.54) is 0 Å². The molecule has 0 aliphatic carbocycles. The molecule has 5 heteroatoms. The molecule has 0 fully saturated rings. The van der Waals surface area contributed by atoms with Gasteiger partial charge < -0.3 is 15.4 Å². The van der Waals surface area contributed by atoms with Crippen LogP contribution in [0.2, 0.25) is 0 Å². The smallest absolute Gasteiger partial charge is 0.262 e. The molecule has 2 amide bonds. The summed E-state index contributed by atoms with van der Waals surface area (Å²) in [6.45, 7) is 6.30. The molecule has 5 nitrogen and oxygen atoms in total. The van der Waals surface area contributed by atoms with Gasteiger partial charge in [-0.2, -0.15) is 0 Å². The van der Waals surface area contributed by atoms with Gasteiger partial charge in [-0.05, 0) is 35.2 Å². The third-order valence-electron chi connectivity index (χ3n) is 3.86.